The highest BCUT2D eigenvalue weighted by molar-refractivity contribution is 6.32. The summed E-state index contributed by atoms with van der Waals surface area (Å²) in [6.45, 7) is 3.51. The van der Waals surface area contributed by atoms with Gasteiger partial charge in [0.05, 0.1) is 6.21 Å². The van der Waals surface area contributed by atoms with Gasteiger partial charge in [-0.25, -0.2) is 5.43 Å². The van der Waals surface area contributed by atoms with Gasteiger partial charge < -0.3 is 14.9 Å². The number of hydrazone groups is 1. The number of nitrogens with zero attached hydrogens (tertiary/aromatic N) is 1. The first-order valence-electron chi connectivity index (χ1n) is 7.10. The summed E-state index contributed by atoms with van der Waals surface area (Å²) < 4.78 is 5.40. The molecule has 0 saturated carbocycles. The molecule has 2 aromatic rings. The van der Waals surface area contributed by atoms with Crippen LogP contribution in [-0.4, -0.2) is 28.9 Å². The standard InChI is InChI=1S/C17H17ClN2O4/c1-10-5-14(6-11(2)17(10)18)24-9-16(23)20-19-8-12-3-4-13(21)7-15(12)22/h3-8,21-22H,9H2,1-2H3,(H,20,23). The van der Waals surface area contributed by atoms with Crippen LogP contribution in [0.3, 0.4) is 0 Å². The Bertz CT molecular complexity index is 767. The molecule has 0 fully saturated rings. The molecule has 0 radical (unpaired) electrons. The molecule has 2 rings (SSSR count). The maximum Gasteiger partial charge on any atom is 0.277 e. The third-order valence-corrected chi connectivity index (χ3v) is 3.78. The van der Waals surface area contributed by atoms with E-state index in [1.165, 1.54) is 24.4 Å². The van der Waals surface area contributed by atoms with Crippen LogP contribution >= 0.6 is 11.6 Å². The quantitative estimate of drug-likeness (QED) is 0.572. The zero-order chi connectivity index (χ0) is 17.7. The molecule has 0 aliphatic heterocycles. The topological polar surface area (TPSA) is 91.2 Å². The van der Waals surface area contributed by atoms with Crippen molar-refractivity contribution in [2.75, 3.05) is 6.61 Å². The van der Waals surface area contributed by atoms with E-state index < -0.39 is 5.91 Å². The SMILES string of the molecule is Cc1cc(OCC(=O)NN=Cc2ccc(O)cc2O)cc(C)c1Cl. The van der Waals surface area contributed by atoms with Crippen LogP contribution in [0.15, 0.2) is 35.4 Å². The van der Waals surface area contributed by atoms with Crippen molar-refractivity contribution in [3.8, 4) is 17.2 Å². The molecule has 0 aliphatic rings. The van der Waals surface area contributed by atoms with Crippen LogP contribution in [0, 0.1) is 13.8 Å². The Labute approximate surface area is 144 Å². The van der Waals surface area contributed by atoms with Gasteiger partial charge in [-0.1, -0.05) is 11.6 Å². The van der Waals surface area contributed by atoms with Crippen LogP contribution in [0.25, 0.3) is 0 Å². The van der Waals surface area contributed by atoms with Crippen LogP contribution < -0.4 is 10.2 Å². The Balaban J connectivity index is 1.88. The van der Waals surface area contributed by atoms with Crippen LogP contribution in [-0.2, 0) is 4.79 Å². The fourth-order valence-corrected chi connectivity index (χ4v) is 2.09. The lowest BCUT2D eigenvalue weighted by Crippen LogP contribution is -2.24. The lowest BCUT2D eigenvalue weighted by molar-refractivity contribution is -0.123. The number of aromatic hydroxyl groups is 2. The third-order valence-electron chi connectivity index (χ3n) is 3.19. The highest BCUT2D eigenvalue weighted by atomic mass is 35.5. The molecule has 1 amide bonds. The largest absolute Gasteiger partial charge is 0.508 e. The third kappa shape index (κ3) is 4.63. The first-order chi connectivity index (χ1) is 11.4. The van der Waals surface area contributed by atoms with E-state index >= 15 is 0 Å². The fourth-order valence-electron chi connectivity index (χ4n) is 1.99. The van der Waals surface area contributed by atoms with Crippen molar-refractivity contribution < 1.29 is 19.7 Å². The number of hydrogen-bond acceptors (Lipinski definition) is 5. The first kappa shape index (κ1) is 17.6. The van der Waals surface area contributed by atoms with Crippen molar-refractivity contribution in [2.45, 2.75) is 13.8 Å². The maximum absolute atomic E-state index is 11.7. The van der Waals surface area contributed by atoms with Crippen LogP contribution in [0.2, 0.25) is 5.02 Å². The summed E-state index contributed by atoms with van der Waals surface area (Å²) in [4.78, 5) is 11.7. The lowest BCUT2D eigenvalue weighted by atomic mass is 10.1. The summed E-state index contributed by atoms with van der Waals surface area (Å²) in [6.07, 6.45) is 1.27. The molecule has 0 unspecified atom stereocenters. The van der Waals surface area contributed by atoms with Crippen LogP contribution in [0.4, 0.5) is 0 Å². The summed E-state index contributed by atoms with van der Waals surface area (Å²) in [5.74, 6) is -0.105. The zero-order valence-electron chi connectivity index (χ0n) is 13.2. The van der Waals surface area contributed by atoms with E-state index in [0.29, 0.717) is 16.3 Å². The Morgan fingerprint density at radius 1 is 1.25 bits per heavy atom. The predicted octanol–water partition coefficient (Wildman–Crippen LogP) is 2.90. The number of aryl methyl sites for hydroxylation is 2. The number of carbonyl (C=O) groups is 1. The fraction of sp³-hybridized carbons (Fsp3) is 0.176. The van der Waals surface area contributed by atoms with E-state index in [1.807, 2.05) is 13.8 Å². The maximum atomic E-state index is 11.7. The highest BCUT2D eigenvalue weighted by Crippen LogP contribution is 2.25. The van der Waals surface area contributed by atoms with E-state index in [0.717, 1.165) is 11.1 Å². The summed E-state index contributed by atoms with van der Waals surface area (Å²) in [7, 11) is 0. The molecule has 6 nitrogen and oxygen atoms in total. The summed E-state index contributed by atoms with van der Waals surface area (Å²) >= 11 is 6.07. The molecular formula is C17H17ClN2O4. The molecule has 0 atom stereocenters. The van der Waals surface area contributed by atoms with E-state index in [9.17, 15) is 15.0 Å². The number of phenolic OH excluding ortho intramolecular Hbond substituents is 2. The van der Waals surface area contributed by atoms with E-state index in [4.69, 9.17) is 16.3 Å². The number of halogens is 1. The molecular weight excluding hydrogens is 332 g/mol. The smallest absolute Gasteiger partial charge is 0.277 e. The minimum atomic E-state index is -0.449. The Morgan fingerprint density at radius 2 is 1.92 bits per heavy atom. The van der Waals surface area contributed by atoms with E-state index in [-0.39, 0.29) is 18.1 Å². The predicted molar refractivity (Wildman–Crippen MR) is 91.9 cm³/mol. The van der Waals surface area contributed by atoms with Crippen molar-refractivity contribution in [1.82, 2.24) is 5.43 Å². The lowest BCUT2D eigenvalue weighted by Gasteiger charge is -2.09. The van der Waals surface area contributed by atoms with E-state index in [2.05, 4.69) is 10.5 Å². The summed E-state index contributed by atoms with van der Waals surface area (Å²) in [6, 6.07) is 7.55. The normalized spacial score (nSPS) is 10.8. The van der Waals surface area contributed by atoms with E-state index in [1.54, 1.807) is 12.1 Å². The minimum Gasteiger partial charge on any atom is -0.508 e. The van der Waals surface area contributed by atoms with Gasteiger partial charge in [0.15, 0.2) is 6.61 Å². The zero-order valence-corrected chi connectivity index (χ0v) is 14.0. The molecule has 0 heterocycles. The van der Waals surface area contributed by atoms with Gasteiger partial charge in [-0.05, 0) is 49.2 Å². The second-order valence-electron chi connectivity index (χ2n) is 5.20. The van der Waals surface area contributed by atoms with Crippen molar-refractivity contribution >= 4 is 23.7 Å². The Kier molecular flexibility index (Phi) is 5.65. The molecule has 126 valence electrons. The molecule has 0 aromatic heterocycles. The number of benzene rings is 2. The average molecular weight is 349 g/mol. The molecule has 7 heteroatoms. The van der Waals surface area contributed by atoms with Crippen molar-refractivity contribution in [2.24, 2.45) is 5.10 Å². The van der Waals surface area contributed by atoms with Crippen molar-refractivity contribution in [3.63, 3.8) is 0 Å². The van der Waals surface area contributed by atoms with Gasteiger partial charge in [0.1, 0.15) is 17.2 Å². The van der Waals surface area contributed by atoms with Gasteiger partial charge in [-0.15, -0.1) is 0 Å². The average Bonchev–Trinajstić information content (AvgIpc) is 2.52. The monoisotopic (exact) mass is 348 g/mol. The molecule has 2 aromatic carbocycles. The number of nitrogens with one attached hydrogen (secondary N) is 1. The number of ether oxygens (including phenoxy) is 1. The van der Waals surface area contributed by atoms with Gasteiger partial charge in [-0.3, -0.25) is 4.79 Å². The first-order valence-corrected chi connectivity index (χ1v) is 7.48. The van der Waals surface area contributed by atoms with Crippen molar-refractivity contribution in [1.29, 1.82) is 0 Å². The number of hydrogen-bond donors (Lipinski definition) is 3. The second-order valence-corrected chi connectivity index (χ2v) is 5.57. The molecule has 0 bridgehead atoms. The summed E-state index contributed by atoms with van der Waals surface area (Å²) in [5.41, 5.74) is 4.39. The van der Waals surface area contributed by atoms with Gasteiger partial charge in [-0.2, -0.15) is 5.10 Å². The van der Waals surface area contributed by atoms with Gasteiger partial charge in [0.25, 0.3) is 5.91 Å². The molecule has 0 spiro atoms. The summed E-state index contributed by atoms with van der Waals surface area (Å²) in [5, 5.41) is 23.2. The van der Waals surface area contributed by atoms with Crippen molar-refractivity contribution in [3.05, 3.63) is 52.0 Å². The molecule has 0 saturated heterocycles. The number of amides is 1. The minimum absolute atomic E-state index is 0.0596. The molecule has 24 heavy (non-hydrogen) atoms. The number of phenols is 2. The van der Waals surface area contributed by atoms with Crippen LogP contribution in [0.5, 0.6) is 17.2 Å². The number of carbonyl (C=O) groups excluding carboxylic acids is 1. The second kappa shape index (κ2) is 7.70. The van der Waals surface area contributed by atoms with Crippen LogP contribution in [0.1, 0.15) is 16.7 Å². The Hall–Kier alpha value is -2.73. The molecule has 0 aliphatic carbocycles. The van der Waals surface area contributed by atoms with Gasteiger partial charge in [0.2, 0.25) is 0 Å². The highest BCUT2D eigenvalue weighted by Gasteiger charge is 2.06. The number of rotatable bonds is 5. The molecule has 3 N–H and O–H groups in total. The van der Waals surface area contributed by atoms with Gasteiger partial charge >= 0.3 is 0 Å². The Morgan fingerprint density at radius 3 is 2.54 bits per heavy atom. The van der Waals surface area contributed by atoms with Gasteiger partial charge in [0, 0.05) is 16.7 Å².